The molecule has 4 rings (SSSR count). The van der Waals surface area contributed by atoms with Crippen LogP contribution in [0.3, 0.4) is 0 Å². The molecular weight excluding hydrogens is 288 g/mol. The first-order valence-electron chi connectivity index (χ1n) is 6.99. The van der Waals surface area contributed by atoms with Gasteiger partial charge in [-0.15, -0.1) is 0 Å². The Kier molecular flexibility index (Phi) is 2.90. The third-order valence-electron chi connectivity index (χ3n) is 4.18. The average Bonchev–Trinajstić information content (AvgIpc) is 2.87. The van der Waals surface area contributed by atoms with Crippen molar-refractivity contribution < 1.29 is 8.78 Å². The van der Waals surface area contributed by atoms with E-state index in [1.54, 1.807) is 6.20 Å². The van der Waals surface area contributed by atoms with Crippen LogP contribution in [0.25, 0.3) is 11.2 Å². The number of fused-ring (bicyclic) bond motifs is 3. The molecule has 2 aromatic heterocycles. The van der Waals surface area contributed by atoms with E-state index in [1.165, 1.54) is 12.4 Å². The standard InChI is InChI=1S/C15H13F2N5/c16-8-1-2-11(17)9(3-8)10-4-14-21-15-13(5-19-7-20-15)22(14)6-12(10)18/h1-3,5,7,10,12H,4,6,18H2/t10-,12?/m1/s1. The smallest absolute Gasteiger partial charge is 0.181 e. The topological polar surface area (TPSA) is 69.6 Å². The Hall–Kier alpha value is -2.41. The molecule has 22 heavy (non-hydrogen) atoms. The maximum absolute atomic E-state index is 14.0. The van der Waals surface area contributed by atoms with E-state index < -0.39 is 11.6 Å². The number of benzene rings is 1. The van der Waals surface area contributed by atoms with Crippen molar-refractivity contribution in [2.45, 2.75) is 24.9 Å². The second-order valence-electron chi connectivity index (χ2n) is 5.51. The molecular formula is C15H13F2N5. The van der Waals surface area contributed by atoms with Gasteiger partial charge in [-0.05, 0) is 23.8 Å². The fourth-order valence-electron chi connectivity index (χ4n) is 3.10. The maximum atomic E-state index is 14.0. The predicted octanol–water partition coefficient (Wildman–Crippen LogP) is 1.77. The number of hydrogen-bond acceptors (Lipinski definition) is 4. The fraction of sp³-hybridized carbons (Fsp3) is 0.267. The van der Waals surface area contributed by atoms with Crippen LogP contribution in [0.2, 0.25) is 0 Å². The summed E-state index contributed by atoms with van der Waals surface area (Å²) < 4.78 is 29.4. The van der Waals surface area contributed by atoms with Crippen LogP contribution in [0.4, 0.5) is 8.78 Å². The number of imidazole rings is 1. The molecule has 0 amide bonds. The number of nitrogens with two attached hydrogens (primary N) is 1. The van der Waals surface area contributed by atoms with Crippen LogP contribution in [0.5, 0.6) is 0 Å². The Morgan fingerprint density at radius 2 is 2.14 bits per heavy atom. The summed E-state index contributed by atoms with van der Waals surface area (Å²) in [5.74, 6) is -0.446. The lowest BCUT2D eigenvalue weighted by molar-refractivity contribution is 0.395. The molecule has 3 aromatic rings. The van der Waals surface area contributed by atoms with Gasteiger partial charge in [0.2, 0.25) is 0 Å². The third-order valence-corrected chi connectivity index (χ3v) is 4.18. The van der Waals surface area contributed by atoms with Gasteiger partial charge in [-0.1, -0.05) is 0 Å². The van der Waals surface area contributed by atoms with E-state index in [0.29, 0.717) is 24.2 Å². The molecule has 2 atom stereocenters. The molecule has 0 spiro atoms. The first kappa shape index (κ1) is 13.3. The third kappa shape index (κ3) is 1.97. The highest BCUT2D eigenvalue weighted by molar-refractivity contribution is 5.70. The van der Waals surface area contributed by atoms with Crippen molar-refractivity contribution in [2.24, 2.45) is 5.73 Å². The first-order chi connectivity index (χ1) is 10.6. The van der Waals surface area contributed by atoms with E-state index >= 15 is 0 Å². The molecule has 1 unspecified atom stereocenters. The SMILES string of the molecule is NC1Cn2c(nc3ncncc32)C[C@@H]1c1cc(F)ccc1F. The molecule has 0 saturated carbocycles. The zero-order valence-corrected chi connectivity index (χ0v) is 11.6. The summed E-state index contributed by atoms with van der Waals surface area (Å²) >= 11 is 0. The Labute approximate surface area is 124 Å². The highest BCUT2D eigenvalue weighted by atomic mass is 19.1. The molecule has 0 radical (unpaired) electrons. The van der Waals surface area contributed by atoms with E-state index in [4.69, 9.17) is 5.73 Å². The van der Waals surface area contributed by atoms with Crippen molar-refractivity contribution in [2.75, 3.05) is 0 Å². The summed E-state index contributed by atoms with van der Waals surface area (Å²) in [5.41, 5.74) is 7.93. The summed E-state index contributed by atoms with van der Waals surface area (Å²) in [5, 5.41) is 0. The van der Waals surface area contributed by atoms with Crippen LogP contribution in [0.1, 0.15) is 17.3 Å². The van der Waals surface area contributed by atoms with Crippen LogP contribution in [0, 0.1) is 11.6 Å². The van der Waals surface area contributed by atoms with Gasteiger partial charge in [0.25, 0.3) is 0 Å². The minimum atomic E-state index is -0.464. The number of hydrogen-bond donors (Lipinski definition) is 1. The van der Waals surface area contributed by atoms with E-state index in [2.05, 4.69) is 15.0 Å². The normalized spacial score (nSPS) is 21.0. The minimum Gasteiger partial charge on any atom is -0.326 e. The summed E-state index contributed by atoms with van der Waals surface area (Å²) in [4.78, 5) is 12.6. The van der Waals surface area contributed by atoms with Gasteiger partial charge in [0.1, 0.15) is 29.3 Å². The predicted molar refractivity (Wildman–Crippen MR) is 76.1 cm³/mol. The monoisotopic (exact) mass is 301 g/mol. The van der Waals surface area contributed by atoms with Crippen LogP contribution < -0.4 is 5.73 Å². The van der Waals surface area contributed by atoms with E-state index in [0.717, 1.165) is 23.5 Å². The largest absolute Gasteiger partial charge is 0.326 e. The summed E-state index contributed by atoms with van der Waals surface area (Å²) in [6, 6.07) is 3.14. The molecule has 2 N–H and O–H groups in total. The molecule has 0 bridgehead atoms. The molecule has 1 aromatic carbocycles. The van der Waals surface area contributed by atoms with Crippen molar-refractivity contribution in [1.82, 2.24) is 19.5 Å². The van der Waals surface area contributed by atoms with Gasteiger partial charge < -0.3 is 10.3 Å². The zero-order valence-electron chi connectivity index (χ0n) is 11.6. The van der Waals surface area contributed by atoms with E-state index in [1.807, 2.05) is 4.57 Å². The van der Waals surface area contributed by atoms with Gasteiger partial charge >= 0.3 is 0 Å². The molecule has 1 aliphatic heterocycles. The van der Waals surface area contributed by atoms with Crippen molar-refractivity contribution in [3.05, 3.63) is 53.7 Å². The van der Waals surface area contributed by atoms with Gasteiger partial charge in [-0.3, -0.25) is 0 Å². The number of halogens is 2. The van der Waals surface area contributed by atoms with Crippen LogP contribution in [-0.2, 0) is 13.0 Å². The van der Waals surface area contributed by atoms with Gasteiger partial charge in [-0.25, -0.2) is 23.7 Å². The molecule has 0 aliphatic carbocycles. The molecule has 3 heterocycles. The van der Waals surface area contributed by atoms with E-state index in [9.17, 15) is 8.78 Å². The Morgan fingerprint density at radius 3 is 3.00 bits per heavy atom. The Morgan fingerprint density at radius 1 is 1.27 bits per heavy atom. The molecule has 0 fully saturated rings. The number of aromatic nitrogens is 4. The first-order valence-corrected chi connectivity index (χ1v) is 6.99. The van der Waals surface area contributed by atoms with Gasteiger partial charge in [0, 0.05) is 24.9 Å². The molecule has 0 saturated heterocycles. The second-order valence-corrected chi connectivity index (χ2v) is 5.51. The average molecular weight is 301 g/mol. The van der Waals surface area contributed by atoms with Crippen LogP contribution in [-0.4, -0.2) is 25.6 Å². The van der Waals surface area contributed by atoms with Crippen molar-refractivity contribution in [3.8, 4) is 0 Å². The fourth-order valence-corrected chi connectivity index (χ4v) is 3.10. The molecule has 1 aliphatic rings. The maximum Gasteiger partial charge on any atom is 0.181 e. The van der Waals surface area contributed by atoms with E-state index in [-0.39, 0.29) is 12.0 Å². The van der Waals surface area contributed by atoms with Gasteiger partial charge in [0.15, 0.2) is 5.65 Å². The molecule has 112 valence electrons. The van der Waals surface area contributed by atoms with Crippen molar-refractivity contribution >= 4 is 11.2 Å². The number of nitrogens with zero attached hydrogens (tertiary/aromatic N) is 4. The van der Waals surface area contributed by atoms with Crippen molar-refractivity contribution in [1.29, 1.82) is 0 Å². The zero-order chi connectivity index (χ0) is 15.3. The molecule has 5 nitrogen and oxygen atoms in total. The minimum absolute atomic E-state index is 0.303. The number of rotatable bonds is 1. The lowest BCUT2D eigenvalue weighted by atomic mass is 9.86. The summed E-state index contributed by atoms with van der Waals surface area (Å²) in [7, 11) is 0. The molecule has 7 heteroatoms. The highest BCUT2D eigenvalue weighted by Crippen LogP contribution is 2.32. The summed E-state index contributed by atoms with van der Waals surface area (Å²) in [6.45, 7) is 0.472. The lowest BCUT2D eigenvalue weighted by Crippen LogP contribution is -2.39. The van der Waals surface area contributed by atoms with Gasteiger partial charge in [0.05, 0.1) is 6.20 Å². The lowest BCUT2D eigenvalue weighted by Gasteiger charge is -2.30. The van der Waals surface area contributed by atoms with Gasteiger partial charge in [-0.2, -0.15) is 0 Å². The van der Waals surface area contributed by atoms with Crippen molar-refractivity contribution in [3.63, 3.8) is 0 Å². The second kappa shape index (κ2) is 4.81. The quantitative estimate of drug-likeness (QED) is 0.743. The highest BCUT2D eigenvalue weighted by Gasteiger charge is 2.31. The summed E-state index contributed by atoms with van der Waals surface area (Å²) in [6.07, 6.45) is 3.57. The van der Waals surface area contributed by atoms with Crippen LogP contribution >= 0.6 is 0 Å². The Bertz CT molecular complexity index is 860. The Balaban J connectivity index is 1.80. The van der Waals surface area contributed by atoms with Crippen LogP contribution in [0.15, 0.2) is 30.7 Å².